The van der Waals surface area contributed by atoms with Crippen LogP contribution in [0.5, 0.6) is 0 Å². The van der Waals surface area contributed by atoms with E-state index in [4.69, 9.17) is 0 Å². The van der Waals surface area contributed by atoms with Crippen LogP contribution in [-0.2, 0) is 6.42 Å². The Morgan fingerprint density at radius 1 is 1.24 bits per heavy atom. The summed E-state index contributed by atoms with van der Waals surface area (Å²) in [4.78, 5) is 4.55. The van der Waals surface area contributed by atoms with Gasteiger partial charge in [-0.1, -0.05) is 26.8 Å². The van der Waals surface area contributed by atoms with Gasteiger partial charge >= 0.3 is 0 Å². The maximum Gasteiger partial charge on any atom is 0.0406 e. The molecule has 0 bridgehead atoms. The fraction of sp³-hybridized carbons (Fsp3) is 0.737. The van der Waals surface area contributed by atoms with E-state index in [1.54, 1.807) is 0 Å². The first-order valence-electron chi connectivity index (χ1n) is 8.81. The second-order valence-corrected chi connectivity index (χ2v) is 7.07. The van der Waals surface area contributed by atoms with Crippen molar-refractivity contribution in [2.75, 3.05) is 13.1 Å². The summed E-state index contributed by atoms with van der Waals surface area (Å²) in [5.41, 5.74) is 1.27. The van der Waals surface area contributed by atoms with Crippen molar-refractivity contribution in [2.24, 2.45) is 23.7 Å². The number of aromatic nitrogens is 1. The lowest BCUT2D eigenvalue weighted by molar-refractivity contribution is 0.144. The van der Waals surface area contributed by atoms with Gasteiger partial charge in [0.2, 0.25) is 0 Å². The van der Waals surface area contributed by atoms with Gasteiger partial charge in [-0.3, -0.25) is 4.98 Å². The van der Waals surface area contributed by atoms with E-state index in [2.05, 4.69) is 43.2 Å². The minimum absolute atomic E-state index is 0.797. The predicted molar refractivity (Wildman–Crippen MR) is 90.3 cm³/mol. The zero-order valence-electron chi connectivity index (χ0n) is 14.0. The number of rotatable bonds is 7. The lowest BCUT2D eigenvalue weighted by Gasteiger charge is -2.38. The number of hydrogen-bond donors (Lipinski definition) is 1. The molecule has 0 spiro atoms. The van der Waals surface area contributed by atoms with Crippen LogP contribution in [-0.4, -0.2) is 18.1 Å². The normalized spacial score (nSPS) is 26.2. The quantitative estimate of drug-likeness (QED) is 0.756. The molecule has 21 heavy (non-hydrogen) atoms. The average Bonchev–Trinajstić information content (AvgIpc) is 2.50. The van der Waals surface area contributed by atoms with Crippen molar-refractivity contribution in [2.45, 2.75) is 52.9 Å². The summed E-state index contributed by atoms with van der Waals surface area (Å²) >= 11 is 0. The van der Waals surface area contributed by atoms with Gasteiger partial charge in [0.05, 0.1) is 0 Å². The Morgan fingerprint density at radius 3 is 2.76 bits per heavy atom. The van der Waals surface area contributed by atoms with Gasteiger partial charge in [-0.2, -0.15) is 0 Å². The maximum atomic E-state index is 4.55. The van der Waals surface area contributed by atoms with Crippen LogP contribution < -0.4 is 5.32 Å². The van der Waals surface area contributed by atoms with Crippen LogP contribution in [0.25, 0.3) is 0 Å². The van der Waals surface area contributed by atoms with E-state index >= 15 is 0 Å². The van der Waals surface area contributed by atoms with E-state index in [0.717, 1.165) is 36.6 Å². The molecular weight excluding hydrogens is 256 g/mol. The summed E-state index contributed by atoms with van der Waals surface area (Å²) in [6, 6.07) is 6.33. The highest BCUT2D eigenvalue weighted by Gasteiger charge is 2.31. The van der Waals surface area contributed by atoms with Crippen molar-refractivity contribution in [1.29, 1.82) is 0 Å². The molecule has 1 aromatic heterocycles. The Kier molecular flexibility index (Phi) is 6.69. The number of pyridine rings is 1. The molecule has 3 unspecified atom stereocenters. The second kappa shape index (κ2) is 8.53. The minimum atomic E-state index is 0.797. The minimum Gasteiger partial charge on any atom is -0.316 e. The van der Waals surface area contributed by atoms with Gasteiger partial charge in [-0.05, 0) is 81.0 Å². The molecule has 1 saturated carbocycles. The molecule has 2 nitrogen and oxygen atoms in total. The topological polar surface area (TPSA) is 24.9 Å². The third-order valence-corrected chi connectivity index (χ3v) is 5.15. The van der Waals surface area contributed by atoms with Gasteiger partial charge in [0, 0.05) is 11.9 Å². The maximum absolute atomic E-state index is 4.55. The van der Waals surface area contributed by atoms with E-state index in [9.17, 15) is 0 Å². The predicted octanol–water partition coefficient (Wildman–Crippen LogP) is 4.31. The molecule has 1 aliphatic carbocycles. The van der Waals surface area contributed by atoms with Crippen molar-refractivity contribution >= 4 is 0 Å². The molecular formula is C19H32N2. The van der Waals surface area contributed by atoms with Gasteiger partial charge in [-0.25, -0.2) is 0 Å². The zero-order chi connectivity index (χ0) is 15.1. The molecule has 3 atom stereocenters. The van der Waals surface area contributed by atoms with Gasteiger partial charge < -0.3 is 5.32 Å². The largest absolute Gasteiger partial charge is 0.316 e. The SMILES string of the molecule is CCCNCC1CCC(C(C)C)CC1Cc1ccccn1. The first-order chi connectivity index (χ1) is 10.2. The van der Waals surface area contributed by atoms with Crippen LogP contribution in [0.3, 0.4) is 0 Å². The Hall–Kier alpha value is -0.890. The van der Waals surface area contributed by atoms with Crippen LogP contribution in [0.1, 0.15) is 52.1 Å². The molecule has 0 aromatic carbocycles. The molecule has 0 amide bonds. The van der Waals surface area contributed by atoms with Crippen molar-refractivity contribution in [1.82, 2.24) is 10.3 Å². The monoisotopic (exact) mass is 288 g/mol. The highest BCUT2D eigenvalue weighted by Crippen LogP contribution is 2.38. The summed E-state index contributed by atoms with van der Waals surface area (Å²) in [6.45, 7) is 9.36. The molecule has 1 heterocycles. The molecule has 0 aliphatic heterocycles. The molecule has 1 aromatic rings. The summed E-state index contributed by atoms with van der Waals surface area (Å²) in [5.74, 6) is 3.35. The Balaban J connectivity index is 1.97. The molecule has 0 saturated heterocycles. The van der Waals surface area contributed by atoms with Gasteiger partial charge in [0.15, 0.2) is 0 Å². The first kappa shape index (κ1) is 16.5. The van der Waals surface area contributed by atoms with Crippen molar-refractivity contribution in [3.8, 4) is 0 Å². The van der Waals surface area contributed by atoms with Crippen LogP contribution >= 0.6 is 0 Å². The molecule has 1 N–H and O–H groups in total. The second-order valence-electron chi connectivity index (χ2n) is 7.07. The molecule has 0 radical (unpaired) electrons. The smallest absolute Gasteiger partial charge is 0.0406 e. The number of hydrogen-bond acceptors (Lipinski definition) is 2. The molecule has 1 aliphatic rings. The summed E-state index contributed by atoms with van der Waals surface area (Å²) in [5, 5.41) is 3.64. The Bertz CT molecular complexity index is 388. The lowest BCUT2D eigenvalue weighted by atomic mass is 9.69. The molecule has 2 heteroatoms. The van der Waals surface area contributed by atoms with E-state index in [-0.39, 0.29) is 0 Å². The van der Waals surface area contributed by atoms with E-state index in [1.165, 1.54) is 37.9 Å². The van der Waals surface area contributed by atoms with E-state index < -0.39 is 0 Å². The van der Waals surface area contributed by atoms with Crippen LogP contribution in [0, 0.1) is 23.7 Å². The van der Waals surface area contributed by atoms with Crippen LogP contribution in [0.2, 0.25) is 0 Å². The zero-order valence-corrected chi connectivity index (χ0v) is 14.0. The highest BCUT2D eigenvalue weighted by molar-refractivity contribution is 5.05. The van der Waals surface area contributed by atoms with Crippen molar-refractivity contribution < 1.29 is 0 Å². The molecule has 118 valence electrons. The van der Waals surface area contributed by atoms with Crippen molar-refractivity contribution in [3.05, 3.63) is 30.1 Å². The average molecular weight is 288 g/mol. The van der Waals surface area contributed by atoms with Gasteiger partial charge in [-0.15, -0.1) is 0 Å². The van der Waals surface area contributed by atoms with Crippen LogP contribution in [0.15, 0.2) is 24.4 Å². The number of nitrogens with one attached hydrogen (secondary N) is 1. The fourth-order valence-corrected chi connectivity index (χ4v) is 3.74. The van der Waals surface area contributed by atoms with Gasteiger partial charge in [0.25, 0.3) is 0 Å². The third kappa shape index (κ3) is 5.10. The molecule has 2 rings (SSSR count). The number of nitrogens with zero attached hydrogens (tertiary/aromatic N) is 1. The first-order valence-corrected chi connectivity index (χ1v) is 8.81. The Labute approximate surface area is 130 Å². The summed E-state index contributed by atoms with van der Waals surface area (Å²) < 4.78 is 0. The summed E-state index contributed by atoms with van der Waals surface area (Å²) in [7, 11) is 0. The highest BCUT2D eigenvalue weighted by atomic mass is 14.9. The van der Waals surface area contributed by atoms with E-state index in [1.807, 2.05) is 12.3 Å². The van der Waals surface area contributed by atoms with Crippen molar-refractivity contribution in [3.63, 3.8) is 0 Å². The van der Waals surface area contributed by atoms with E-state index in [0.29, 0.717) is 0 Å². The fourth-order valence-electron chi connectivity index (χ4n) is 3.74. The third-order valence-electron chi connectivity index (χ3n) is 5.15. The Morgan fingerprint density at radius 2 is 2.10 bits per heavy atom. The molecule has 1 fully saturated rings. The van der Waals surface area contributed by atoms with Crippen LogP contribution in [0.4, 0.5) is 0 Å². The summed E-state index contributed by atoms with van der Waals surface area (Å²) in [6.07, 6.45) is 8.50. The van der Waals surface area contributed by atoms with Gasteiger partial charge in [0.1, 0.15) is 0 Å². The lowest BCUT2D eigenvalue weighted by Crippen LogP contribution is -2.35. The standard InChI is InChI=1S/C19H32N2/c1-4-10-20-14-17-9-8-16(15(2)3)12-18(17)13-19-7-5-6-11-21-19/h5-7,11,15-18,20H,4,8-10,12-14H2,1-3H3.